The van der Waals surface area contributed by atoms with Crippen LogP contribution < -0.4 is 0 Å². The zero-order valence-electron chi connectivity index (χ0n) is 9.54. The predicted molar refractivity (Wildman–Crippen MR) is 64.8 cm³/mol. The minimum atomic E-state index is -0.0828. The Morgan fingerprint density at radius 1 is 1.36 bits per heavy atom. The van der Waals surface area contributed by atoms with Crippen molar-refractivity contribution in [2.75, 3.05) is 5.75 Å². The molecule has 0 aromatic carbocycles. The molecule has 0 amide bonds. The van der Waals surface area contributed by atoms with Gasteiger partial charge < -0.3 is 5.11 Å². The van der Waals surface area contributed by atoms with Crippen molar-refractivity contribution in [3.63, 3.8) is 0 Å². The van der Waals surface area contributed by atoms with Crippen molar-refractivity contribution < 1.29 is 5.11 Å². The van der Waals surface area contributed by atoms with Crippen molar-refractivity contribution in [1.29, 1.82) is 0 Å². The molecule has 0 radical (unpaired) electrons. The van der Waals surface area contributed by atoms with Crippen LogP contribution in [0.3, 0.4) is 0 Å². The predicted octanol–water partition coefficient (Wildman–Crippen LogP) is 3.46. The number of rotatable bonds is 6. The van der Waals surface area contributed by atoms with E-state index in [-0.39, 0.29) is 6.10 Å². The van der Waals surface area contributed by atoms with Crippen molar-refractivity contribution >= 4 is 11.8 Å². The van der Waals surface area contributed by atoms with Crippen LogP contribution in [-0.4, -0.2) is 22.2 Å². The quantitative estimate of drug-likeness (QED) is 0.734. The molecule has 0 bridgehead atoms. The molecule has 1 aliphatic rings. The minimum absolute atomic E-state index is 0.0828. The maximum Gasteiger partial charge on any atom is 0.0656 e. The van der Waals surface area contributed by atoms with Gasteiger partial charge in [0.2, 0.25) is 0 Å². The SMILES string of the molecule is CCCC(C)C(O)CSC1CCCC1. The van der Waals surface area contributed by atoms with Crippen molar-refractivity contribution in [3.8, 4) is 0 Å². The molecule has 1 rings (SSSR count). The van der Waals surface area contributed by atoms with Gasteiger partial charge in [0, 0.05) is 11.0 Å². The number of thioether (sulfide) groups is 1. The summed E-state index contributed by atoms with van der Waals surface area (Å²) in [6.45, 7) is 4.36. The van der Waals surface area contributed by atoms with Crippen molar-refractivity contribution in [2.45, 2.75) is 63.7 Å². The van der Waals surface area contributed by atoms with E-state index in [1.807, 2.05) is 11.8 Å². The van der Waals surface area contributed by atoms with E-state index in [1.165, 1.54) is 32.1 Å². The first-order chi connectivity index (χ1) is 6.74. The summed E-state index contributed by atoms with van der Waals surface area (Å²) in [4.78, 5) is 0. The molecule has 1 aliphatic carbocycles. The third-order valence-corrected chi connectivity index (χ3v) is 4.68. The molecule has 84 valence electrons. The normalized spacial score (nSPS) is 22.5. The zero-order valence-corrected chi connectivity index (χ0v) is 10.4. The molecule has 0 aliphatic heterocycles. The van der Waals surface area contributed by atoms with Gasteiger partial charge in [-0.15, -0.1) is 0 Å². The first-order valence-corrected chi connectivity index (χ1v) is 7.08. The van der Waals surface area contributed by atoms with E-state index in [2.05, 4.69) is 13.8 Å². The van der Waals surface area contributed by atoms with Crippen LogP contribution in [0, 0.1) is 5.92 Å². The van der Waals surface area contributed by atoms with E-state index in [0.29, 0.717) is 5.92 Å². The van der Waals surface area contributed by atoms with Crippen LogP contribution in [0.25, 0.3) is 0 Å². The highest BCUT2D eigenvalue weighted by Gasteiger charge is 2.19. The molecular formula is C12H24OS. The first kappa shape index (κ1) is 12.4. The van der Waals surface area contributed by atoms with E-state index in [4.69, 9.17) is 0 Å². The Kier molecular flexibility index (Phi) is 5.95. The molecule has 1 nitrogen and oxygen atoms in total. The Morgan fingerprint density at radius 2 is 2.00 bits per heavy atom. The highest BCUT2D eigenvalue weighted by Crippen LogP contribution is 2.30. The number of hydrogen-bond donors (Lipinski definition) is 1. The van der Waals surface area contributed by atoms with Gasteiger partial charge in [0.15, 0.2) is 0 Å². The fourth-order valence-corrected chi connectivity index (χ4v) is 3.57. The van der Waals surface area contributed by atoms with Gasteiger partial charge in [0.1, 0.15) is 0 Å². The molecule has 1 saturated carbocycles. The molecule has 1 N–H and O–H groups in total. The second-order valence-electron chi connectivity index (χ2n) is 4.57. The molecule has 2 atom stereocenters. The molecule has 0 saturated heterocycles. The topological polar surface area (TPSA) is 20.2 Å². The van der Waals surface area contributed by atoms with Crippen molar-refractivity contribution in [3.05, 3.63) is 0 Å². The smallest absolute Gasteiger partial charge is 0.0656 e. The van der Waals surface area contributed by atoms with Gasteiger partial charge in [-0.05, 0) is 25.2 Å². The summed E-state index contributed by atoms with van der Waals surface area (Å²) in [7, 11) is 0. The van der Waals surface area contributed by atoms with E-state index < -0.39 is 0 Å². The zero-order chi connectivity index (χ0) is 10.4. The Morgan fingerprint density at radius 3 is 2.57 bits per heavy atom. The summed E-state index contributed by atoms with van der Waals surface area (Å²) in [5, 5.41) is 10.7. The maximum atomic E-state index is 9.89. The van der Waals surface area contributed by atoms with E-state index in [1.54, 1.807) is 0 Å². The van der Waals surface area contributed by atoms with Gasteiger partial charge >= 0.3 is 0 Å². The monoisotopic (exact) mass is 216 g/mol. The summed E-state index contributed by atoms with van der Waals surface area (Å²) in [5.41, 5.74) is 0. The standard InChI is InChI=1S/C12H24OS/c1-3-6-10(2)12(13)9-14-11-7-4-5-8-11/h10-13H,3-9H2,1-2H3. The van der Waals surface area contributed by atoms with Gasteiger partial charge in [-0.1, -0.05) is 33.1 Å². The van der Waals surface area contributed by atoms with Crippen LogP contribution in [0.2, 0.25) is 0 Å². The largest absolute Gasteiger partial charge is 0.392 e. The molecule has 0 aromatic rings. The lowest BCUT2D eigenvalue weighted by Gasteiger charge is -2.19. The van der Waals surface area contributed by atoms with Gasteiger partial charge in [0.05, 0.1) is 6.10 Å². The Labute approximate surface area is 92.7 Å². The van der Waals surface area contributed by atoms with Gasteiger partial charge in [0.25, 0.3) is 0 Å². The second-order valence-corrected chi connectivity index (χ2v) is 5.91. The first-order valence-electron chi connectivity index (χ1n) is 6.03. The third-order valence-electron chi connectivity index (χ3n) is 3.21. The molecular weight excluding hydrogens is 192 g/mol. The minimum Gasteiger partial charge on any atom is -0.392 e. The molecule has 14 heavy (non-hydrogen) atoms. The lowest BCUT2D eigenvalue weighted by Crippen LogP contribution is -2.21. The van der Waals surface area contributed by atoms with Crippen LogP contribution in [-0.2, 0) is 0 Å². The highest BCUT2D eigenvalue weighted by molar-refractivity contribution is 7.99. The fraction of sp³-hybridized carbons (Fsp3) is 1.00. The Hall–Kier alpha value is 0.310. The highest BCUT2D eigenvalue weighted by atomic mass is 32.2. The molecule has 0 heterocycles. The average Bonchev–Trinajstić information content (AvgIpc) is 2.67. The fourth-order valence-electron chi connectivity index (χ4n) is 2.10. The molecule has 1 fully saturated rings. The van der Waals surface area contributed by atoms with E-state index in [0.717, 1.165) is 17.4 Å². The average molecular weight is 216 g/mol. The number of hydrogen-bond acceptors (Lipinski definition) is 2. The van der Waals surface area contributed by atoms with E-state index >= 15 is 0 Å². The van der Waals surface area contributed by atoms with Crippen LogP contribution in [0.15, 0.2) is 0 Å². The lowest BCUT2D eigenvalue weighted by atomic mass is 10.0. The van der Waals surface area contributed by atoms with Crippen molar-refractivity contribution in [2.24, 2.45) is 5.92 Å². The molecule has 2 heteroatoms. The molecule has 0 spiro atoms. The molecule has 0 aromatic heterocycles. The van der Waals surface area contributed by atoms with Crippen LogP contribution >= 0.6 is 11.8 Å². The Bertz CT molecular complexity index is 143. The second kappa shape index (κ2) is 6.73. The maximum absolute atomic E-state index is 9.89. The van der Waals surface area contributed by atoms with Gasteiger partial charge in [-0.2, -0.15) is 11.8 Å². The summed E-state index contributed by atoms with van der Waals surface area (Å²) in [5.74, 6) is 1.43. The van der Waals surface area contributed by atoms with Gasteiger partial charge in [-0.25, -0.2) is 0 Å². The summed E-state index contributed by atoms with van der Waals surface area (Å²) in [6, 6.07) is 0. The van der Waals surface area contributed by atoms with Crippen LogP contribution in [0.5, 0.6) is 0 Å². The lowest BCUT2D eigenvalue weighted by molar-refractivity contribution is 0.134. The van der Waals surface area contributed by atoms with Crippen LogP contribution in [0.4, 0.5) is 0 Å². The van der Waals surface area contributed by atoms with E-state index in [9.17, 15) is 5.11 Å². The summed E-state index contributed by atoms with van der Waals surface area (Å²) in [6.07, 6.45) is 7.81. The summed E-state index contributed by atoms with van der Waals surface area (Å²) >= 11 is 2.00. The Balaban J connectivity index is 2.09. The van der Waals surface area contributed by atoms with Crippen molar-refractivity contribution in [1.82, 2.24) is 0 Å². The third kappa shape index (κ3) is 4.22. The number of aliphatic hydroxyl groups is 1. The molecule has 2 unspecified atom stereocenters. The van der Waals surface area contributed by atoms with Gasteiger partial charge in [-0.3, -0.25) is 0 Å². The van der Waals surface area contributed by atoms with Crippen LogP contribution in [0.1, 0.15) is 52.4 Å². The number of aliphatic hydroxyl groups excluding tert-OH is 1. The summed E-state index contributed by atoms with van der Waals surface area (Å²) < 4.78 is 0.